The number of carbonyl (C=O) groups is 1. The maximum absolute atomic E-state index is 11.4. The first-order valence-electron chi connectivity index (χ1n) is 5.74. The molecule has 1 aromatic heterocycles. The highest BCUT2D eigenvalue weighted by atomic mass is 35.5. The normalized spacial score (nSPS) is 10.5. The van der Waals surface area contributed by atoms with Crippen molar-refractivity contribution >= 4 is 17.5 Å². The SMILES string of the molecule is CCOCCCNC(=O)CCn1cc(Cl)cn1. The molecule has 0 aliphatic heterocycles. The number of aromatic nitrogens is 2. The third-order valence-corrected chi connectivity index (χ3v) is 2.36. The van der Waals surface area contributed by atoms with Crippen LogP contribution < -0.4 is 5.32 Å². The van der Waals surface area contributed by atoms with Crippen LogP contribution in [0.15, 0.2) is 12.4 Å². The average molecular weight is 260 g/mol. The molecule has 0 bridgehead atoms. The number of ether oxygens (including phenoxy) is 1. The topological polar surface area (TPSA) is 56.1 Å². The first-order valence-corrected chi connectivity index (χ1v) is 6.12. The van der Waals surface area contributed by atoms with Gasteiger partial charge in [0.2, 0.25) is 5.91 Å². The van der Waals surface area contributed by atoms with Gasteiger partial charge in [-0.25, -0.2) is 0 Å². The summed E-state index contributed by atoms with van der Waals surface area (Å²) < 4.78 is 6.82. The number of nitrogens with one attached hydrogen (secondary N) is 1. The highest BCUT2D eigenvalue weighted by Gasteiger charge is 2.02. The van der Waals surface area contributed by atoms with Crippen LogP contribution in [0.25, 0.3) is 0 Å². The minimum atomic E-state index is 0.0214. The monoisotopic (exact) mass is 259 g/mol. The molecule has 6 heteroatoms. The molecule has 1 heterocycles. The Hall–Kier alpha value is -1.07. The van der Waals surface area contributed by atoms with Crippen LogP contribution in [0.3, 0.4) is 0 Å². The smallest absolute Gasteiger partial charge is 0.221 e. The highest BCUT2D eigenvalue weighted by Crippen LogP contribution is 2.04. The van der Waals surface area contributed by atoms with Gasteiger partial charge in [-0.15, -0.1) is 0 Å². The number of hydrogen-bond acceptors (Lipinski definition) is 3. The molecule has 0 saturated heterocycles. The van der Waals surface area contributed by atoms with Crippen molar-refractivity contribution in [3.05, 3.63) is 17.4 Å². The fourth-order valence-corrected chi connectivity index (χ4v) is 1.47. The van der Waals surface area contributed by atoms with Crippen molar-refractivity contribution in [2.24, 2.45) is 0 Å². The number of halogens is 1. The minimum Gasteiger partial charge on any atom is -0.382 e. The Balaban J connectivity index is 2.05. The van der Waals surface area contributed by atoms with Crippen molar-refractivity contribution in [1.82, 2.24) is 15.1 Å². The minimum absolute atomic E-state index is 0.0214. The summed E-state index contributed by atoms with van der Waals surface area (Å²) in [6, 6.07) is 0. The first kappa shape index (κ1) is 14.0. The van der Waals surface area contributed by atoms with E-state index in [1.165, 1.54) is 0 Å². The number of hydrogen-bond donors (Lipinski definition) is 1. The lowest BCUT2D eigenvalue weighted by molar-refractivity contribution is -0.121. The van der Waals surface area contributed by atoms with Gasteiger partial charge in [0.05, 0.1) is 11.2 Å². The lowest BCUT2D eigenvalue weighted by Gasteiger charge is -2.05. The average Bonchev–Trinajstić information content (AvgIpc) is 2.72. The third-order valence-electron chi connectivity index (χ3n) is 2.16. The fraction of sp³-hybridized carbons (Fsp3) is 0.636. The summed E-state index contributed by atoms with van der Waals surface area (Å²) in [6.07, 6.45) is 4.51. The molecule has 1 amide bonds. The van der Waals surface area contributed by atoms with E-state index in [-0.39, 0.29) is 5.91 Å². The second-order valence-electron chi connectivity index (χ2n) is 3.57. The van der Waals surface area contributed by atoms with Crippen molar-refractivity contribution in [3.8, 4) is 0 Å². The van der Waals surface area contributed by atoms with E-state index >= 15 is 0 Å². The van der Waals surface area contributed by atoms with Crippen LogP contribution in [-0.2, 0) is 16.1 Å². The van der Waals surface area contributed by atoms with Crippen LogP contribution in [0, 0.1) is 0 Å². The van der Waals surface area contributed by atoms with Gasteiger partial charge in [0.25, 0.3) is 0 Å². The van der Waals surface area contributed by atoms with Crippen LogP contribution in [0.5, 0.6) is 0 Å². The standard InChI is InChI=1S/C11H18ClN3O2/c1-2-17-7-3-5-13-11(16)4-6-15-9-10(12)8-14-15/h8-9H,2-7H2,1H3,(H,13,16). The molecular formula is C11H18ClN3O2. The highest BCUT2D eigenvalue weighted by molar-refractivity contribution is 6.30. The predicted octanol–water partition coefficient (Wildman–Crippen LogP) is 1.47. The van der Waals surface area contributed by atoms with Crippen molar-refractivity contribution in [2.45, 2.75) is 26.3 Å². The molecule has 1 N–H and O–H groups in total. The lowest BCUT2D eigenvalue weighted by Crippen LogP contribution is -2.26. The Morgan fingerprint density at radius 3 is 3.12 bits per heavy atom. The van der Waals surface area contributed by atoms with E-state index in [0.717, 1.165) is 6.42 Å². The van der Waals surface area contributed by atoms with Crippen molar-refractivity contribution in [3.63, 3.8) is 0 Å². The third kappa shape index (κ3) is 6.28. The van der Waals surface area contributed by atoms with Gasteiger partial charge < -0.3 is 10.1 Å². The quantitative estimate of drug-likeness (QED) is 0.720. The molecule has 0 spiro atoms. The Morgan fingerprint density at radius 2 is 2.47 bits per heavy atom. The molecule has 96 valence electrons. The van der Waals surface area contributed by atoms with Crippen LogP contribution in [0.1, 0.15) is 19.8 Å². The molecule has 0 aliphatic rings. The zero-order valence-electron chi connectivity index (χ0n) is 9.99. The van der Waals surface area contributed by atoms with E-state index in [4.69, 9.17) is 16.3 Å². The second-order valence-corrected chi connectivity index (χ2v) is 4.01. The summed E-state index contributed by atoms with van der Waals surface area (Å²) in [5.74, 6) is 0.0214. The summed E-state index contributed by atoms with van der Waals surface area (Å²) in [4.78, 5) is 11.4. The largest absolute Gasteiger partial charge is 0.382 e. The van der Waals surface area contributed by atoms with Crippen LogP contribution >= 0.6 is 11.6 Å². The number of rotatable bonds is 8. The molecule has 0 unspecified atom stereocenters. The van der Waals surface area contributed by atoms with Gasteiger partial charge in [-0.3, -0.25) is 9.48 Å². The van der Waals surface area contributed by atoms with E-state index < -0.39 is 0 Å². The summed E-state index contributed by atoms with van der Waals surface area (Å²) >= 11 is 5.71. The molecule has 0 aliphatic carbocycles. The van der Waals surface area contributed by atoms with E-state index in [0.29, 0.717) is 37.7 Å². The maximum Gasteiger partial charge on any atom is 0.221 e. The zero-order chi connectivity index (χ0) is 12.5. The van der Waals surface area contributed by atoms with Gasteiger partial charge in [0.1, 0.15) is 0 Å². The molecule has 0 aromatic carbocycles. The zero-order valence-corrected chi connectivity index (χ0v) is 10.7. The van der Waals surface area contributed by atoms with Crippen molar-refractivity contribution in [2.75, 3.05) is 19.8 Å². The fourth-order valence-electron chi connectivity index (χ4n) is 1.31. The lowest BCUT2D eigenvalue weighted by atomic mass is 10.3. The number of aryl methyl sites for hydroxylation is 1. The van der Waals surface area contributed by atoms with Crippen LogP contribution in [-0.4, -0.2) is 35.4 Å². The molecule has 0 atom stereocenters. The Bertz CT molecular complexity index is 341. The van der Waals surface area contributed by atoms with E-state index in [2.05, 4.69) is 10.4 Å². The number of nitrogens with zero attached hydrogens (tertiary/aromatic N) is 2. The molecule has 1 rings (SSSR count). The van der Waals surface area contributed by atoms with Crippen LogP contribution in [0.2, 0.25) is 5.02 Å². The Kier molecular flexibility index (Phi) is 6.65. The van der Waals surface area contributed by atoms with Gasteiger partial charge in [0.15, 0.2) is 0 Å². The molecule has 17 heavy (non-hydrogen) atoms. The van der Waals surface area contributed by atoms with Gasteiger partial charge in [-0.05, 0) is 13.3 Å². The summed E-state index contributed by atoms with van der Waals surface area (Å²) in [5.41, 5.74) is 0. The number of amides is 1. The van der Waals surface area contributed by atoms with Gasteiger partial charge >= 0.3 is 0 Å². The molecular weight excluding hydrogens is 242 g/mol. The van der Waals surface area contributed by atoms with Gasteiger partial charge in [-0.2, -0.15) is 5.10 Å². The summed E-state index contributed by atoms with van der Waals surface area (Å²) in [5, 5.41) is 7.40. The predicted molar refractivity (Wildman–Crippen MR) is 66.0 cm³/mol. The Labute approximate surface area is 106 Å². The van der Waals surface area contributed by atoms with E-state index in [1.54, 1.807) is 17.1 Å². The van der Waals surface area contributed by atoms with Crippen molar-refractivity contribution in [1.29, 1.82) is 0 Å². The van der Waals surface area contributed by atoms with Crippen LogP contribution in [0.4, 0.5) is 0 Å². The first-order chi connectivity index (χ1) is 8.22. The number of carbonyl (C=O) groups excluding carboxylic acids is 1. The molecule has 0 radical (unpaired) electrons. The molecule has 0 fully saturated rings. The van der Waals surface area contributed by atoms with E-state index in [9.17, 15) is 4.79 Å². The van der Waals surface area contributed by atoms with Gasteiger partial charge in [0, 0.05) is 38.9 Å². The molecule has 1 aromatic rings. The molecule has 0 saturated carbocycles. The summed E-state index contributed by atoms with van der Waals surface area (Å²) in [7, 11) is 0. The Morgan fingerprint density at radius 1 is 1.65 bits per heavy atom. The maximum atomic E-state index is 11.4. The summed E-state index contributed by atoms with van der Waals surface area (Å²) in [6.45, 7) is 4.55. The van der Waals surface area contributed by atoms with Crippen molar-refractivity contribution < 1.29 is 9.53 Å². The molecule has 5 nitrogen and oxygen atoms in total. The van der Waals surface area contributed by atoms with Gasteiger partial charge in [-0.1, -0.05) is 11.6 Å². The van der Waals surface area contributed by atoms with E-state index in [1.807, 2.05) is 6.92 Å². The second kappa shape index (κ2) is 8.08.